The van der Waals surface area contributed by atoms with Crippen LogP contribution in [0.15, 0.2) is 0 Å². The number of nitrogens with zero attached hydrogens (tertiary/aromatic N) is 3. The Hall–Kier alpha value is -1.10. The van der Waals surface area contributed by atoms with Crippen molar-refractivity contribution < 1.29 is 4.74 Å². The van der Waals surface area contributed by atoms with E-state index < -0.39 is 0 Å². The number of rotatable bonds is 7. The van der Waals surface area contributed by atoms with E-state index in [9.17, 15) is 0 Å². The van der Waals surface area contributed by atoms with E-state index in [1.165, 1.54) is 0 Å². The first-order valence-corrected chi connectivity index (χ1v) is 6.35. The molecule has 0 aromatic carbocycles. The summed E-state index contributed by atoms with van der Waals surface area (Å²) in [5, 5.41) is 3.20. The van der Waals surface area contributed by atoms with Crippen molar-refractivity contribution in [1.29, 1.82) is 0 Å². The lowest BCUT2D eigenvalue weighted by Gasteiger charge is -2.12. The summed E-state index contributed by atoms with van der Waals surface area (Å²) in [6.07, 6.45) is 3.09. The van der Waals surface area contributed by atoms with Gasteiger partial charge in [-0.3, -0.25) is 0 Å². The molecule has 0 fully saturated rings. The Morgan fingerprint density at radius 2 is 2.00 bits per heavy atom. The van der Waals surface area contributed by atoms with Crippen molar-refractivity contribution in [3.63, 3.8) is 0 Å². The SMILES string of the molecule is CCCNc1nc(Cl)nc(OC(C)CCC)n1. The van der Waals surface area contributed by atoms with Crippen LogP contribution in [-0.2, 0) is 0 Å². The molecule has 1 aromatic heterocycles. The van der Waals surface area contributed by atoms with Gasteiger partial charge >= 0.3 is 6.01 Å². The maximum Gasteiger partial charge on any atom is 0.322 e. The van der Waals surface area contributed by atoms with Crippen molar-refractivity contribution in [3.8, 4) is 6.01 Å². The van der Waals surface area contributed by atoms with E-state index in [1.54, 1.807) is 0 Å². The minimum Gasteiger partial charge on any atom is -0.460 e. The topological polar surface area (TPSA) is 59.9 Å². The minimum atomic E-state index is 0.0810. The van der Waals surface area contributed by atoms with Crippen LogP contribution in [0.3, 0.4) is 0 Å². The maximum atomic E-state index is 5.81. The Kier molecular flexibility index (Phi) is 5.97. The molecule has 1 N–H and O–H groups in total. The molecule has 1 unspecified atom stereocenters. The largest absolute Gasteiger partial charge is 0.460 e. The molecule has 17 heavy (non-hydrogen) atoms. The van der Waals surface area contributed by atoms with Crippen LogP contribution in [0.25, 0.3) is 0 Å². The molecule has 0 bridgehead atoms. The van der Waals surface area contributed by atoms with Crippen LogP contribution in [0.1, 0.15) is 40.0 Å². The highest BCUT2D eigenvalue weighted by Crippen LogP contribution is 2.14. The molecule has 0 spiro atoms. The summed E-state index contributed by atoms with van der Waals surface area (Å²) in [4.78, 5) is 12.1. The van der Waals surface area contributed by atoms with Crippen LogP contribution in [-0.4, -0.2) is 27.6 Å². The number of aromatic nitrogens is 3. The van der Waals surface area contributed by atoms with Crippen molar-refractivity contribution in [2.24, 2.45) is 0 Å². The van der Waals surface area contributed by atoms with E-state index in [2.05, 4.69) is 34.1 Å². The smallest absolute Gasteiger partial charge is 0.322 e. The van der Waals surface area contributed by atoms with Crippen LogP contribution >= 0.6 is 11.6 Å². The van der Waals surface area contributed by atoms with Crippen molar-refractivity contribution >= 4 is 17.5 Å². The third-order valence-corrected chi connectivity index (χ3v) is 2.29. The van der Waals surface area contributed by atoms with Gasteiger partial charge in [-0.15, -0.1) is 0 Å². The number of halogens is 1. The first kappa shape index (κ1) is 14.0. The van der Waals surface area contributed by atoms with Gasteiger partial charge in [0.05, 0.1) is 6.10 Å². The highest BCUT2D eigenvalue weighted by Gasteiger charge is 2.09. The molecule has 0 radical (unpaired) electrons. The molecule has 5 nitrogen and oxygen atoms in total. The molecule has 0 amide bonds. The third kappa shape index (κ3) is 5.17. The molecule has 0 aliphatic heterocycles. The van der Waals surface area contributed by atoms with E-state index in [1.807, 2.05) is 6.92 Å². The number of nitrogens with one attached hydrogen (secondary N) is 1. The number of hydrogen-bond donors (Lipinski definition) is 1. The fraction of sp³-hybridized carbons (Fsp3) is 0.727. The third-order valence-electron chi connectivity index (χ3n) is 2.12. The average Bonchev–Trinajstić information content (AvgIpc) is 2.25. The second-order valence-electron chi connectivity index (χ2n) is 3.85. The van der Waals surface area contributed by atoms with Crippen LogP contribution in [0.5, 0.6) is 6.01 Å². The summed E-state index contributed by atoms with van der Waals surface area (Å²) in [6.45, 7) is 6.95. The molecule has 96 valence electrons. The van der Waals surface area contributed by atoms with Gasteiger partial charge in [0.25, 0.3) is 0 Å². The van der Waals surface area contributed by atoms with Gasteiger partial charge in [0, 0.05) is 6.54 Å². The summed E-state index contributed by atoms with van der Waals surface area (Å²) < 4.78 is 5.57. The van der Waals surface area contributed by atoms with Gasteiger partial charge in [0.2, 0.25) is 11.2 Å². The van der Waals surface area contributed by atoms with Gasteiger partial charge < -0.3 is 10.1 Å². The highest BCUT2D eigenvalue weighted by molar-refractivity contribution is 6.28. The first-order valence-electron chi connectivity index (χ1n) is 5.97. The van der Waals surface area contributed by atoms with E-state index in [4.69, 9.17) is 16.3 Å². The lowest BCUT2D eigenvalue weighted by atomic mass is 10.2. The van der Waals surface area contributed by atoms with Crippen molar-refractivity contribution in [2.45, 2.75) is 46.1 Å². The number of hydrogen-bond acceptors (Lipinski definition) is 5. The van der Waals surface area contributed by atoms with Gasteiger partial charge in [-0.25, -0.2) is 0 Å². The van der Waals surface area contributed by atoms with E-state index in [-0.39, 0.29) is 17.4 Å². The van der Waals surface area contributed by atoms with Gasteiger partial charge in [0.15, 0.2) is 0 Å². The summed E-state index contributed by atoms with van der Waals surface area (Å²) in [5.74, 6) is 0.463. The zero-order valence-corrected chi connectivity index (χ0v) is 11.3. The predicted octanol–water partition coefficient (Wildman–Crippen LogP) is 2.91. The number of anilines is 1. The Labute approximate surface area is 107 Å². The predicted molar refractivity (Wildman–Crippen MR) is 68.6 cm³/mol. The van der Waals surface area contributed by atoms with Crippen LogP contribution in [0.2, 0.25) is 5.28 Å². The van der Waals surface area contributed by atoms with Gasteiger partial charge in [-0.1, -0.05) is 20.3 Å². The first-order chi connectivity index (χ1) is 8.15. The normalized spacial score (nSPS) is 12.2. The average molecular weight is 259 g/mol. The molecule has 1 atom stereocenters. The molecule has 6 heteroatoms. The molecule has 1 heterocycles. The lowest BCUT2D eigenvalue weighted by Crippen LogP contribution is -2.14. The van der Waals surface area contributed by atoms with Crippen LogP contribution in [0.4, 0.5) is 5.95 Å². The molecule has 1 aromatic rings. The molecule has 0 aliphatic rings. The molecular formula is C11H19ClN4O. The van der Waals surface area contributed by atoms with Crippen LogP contribution < -0.4 is 10.1 Å². The minimum absolute atomic E-state index is 0.0810. The number of ether oxygens (including phenoxy) is 1. The Morgan fingerprint density at radius 3 is 2.65 bits per heavy atom. The quantitative estimate of drug-likeness (QED) is 0.815. The van der Waals surface area contributed by atoms with Gasteiger partial charge in [-0.2, -0.15) is 15.0 Å². The zero-order chi connectivity index (χ0) is 12.7. The second-order valence-corrected chi connectivity index (χ2v) is 4.19. The monoisotopic (exact) mass is 258 g/mol. The fourth-order valence-corrected chi connectivity index (χ4v) is 1.50. The van der Waals surface area contributed by atoms with E-state index >= 15 is 0 Å². The molecule has 0 saturated heterocycles. The van der Waals surface area contributed by atoms with E-state index in [0.29, 0.717) is 5.95 Å². The van der Waals surface area contributed by atoms with Crippen LogP contribution in [0, 0.1) is 0 Å². The Morgan fingerprint density at radius 1 is 1.24 bits per heavy atom. The second kappa shape index (κ2) is 7.27. The molecule has 1 rings (SSSR count). The Bertz CT molecular complexity index is 348. The van der Waals surface area contributed by atoms with Crippen molar-refractivity contribution in [3.05, 3.63) is 5.28 Å². The summed E-state index contributed by atoms with van der Waals surface area (Å²) in [7, 11) is 0. The molecule has 0 saturated carbocycles. The maximum absolute atomic E-state index is 5.81. The fourth-order valence-electron chi connectivity index (χ4n) is 1.35. The molecular weight excluding hydrogens is 240 g/mol. The molecule has 0 aliphatic carbocycles. The highest BCUT2D eigenvalue weighted by atomic mass is 35.5. The van der Waals surface area contributed by atoms with Gasteiger partial charge in [-0.05, 0) is 31.4 Å². The van der Waals surface area contributed by atoms with Crippen molar-refractivity contribution in [2.75, 3.05) is 11.9 Å². The summed E-state index contributed by atoms with van der Waals surface area (Å²) >= 11 is 5.81. The van der Waals surface area contributed by atoms with E-state index in [0.717, 1.165) is 25.8 Å². The zero-order valence-electron chi connectivity index (χ0n) is 10.5. The summed E-state index contributed by atoms with van der Waals surface area (Å²) in [6, 6.07) is 0.282. The standard InChI is InChI=1S/C11H19ClN4O/c1-4-6-8(3)17-11-15-9(12)14-10(16-11)13-7-5-2/h8H,4-7H2,1-3H3,(H,13,14,15,16). The van der Waals surface area contributed by atoms with Crippen molar-refractivity contribution in [1.82, 2.24) is 15.0 Å². The Balaban J connectivity index is 2.67. The lowest BCUT2D eigenvalue weighted by molar-refractivity contribution is 0.192. The van der Waals surface area contributed by atoms with Gasteiger partial charge in [0.1, 0.15) is 0 Å². The summed E-state index contributed by atoms with van der Waals surface area (Å²) in [5.41, 5.74) is 0.